The maximum absolute atomic E-state index is 5.30. The van der Waals surface area contributed by atoms with Crippen LogP contribution in [0.25, 0.3) is 22.3 Å². The molecule has 0 saturated heterocycles. The van der Waals surface area contributed by atoms with Crippen molar-refractivity contribution in [2.24, 2.45) is 0 Å². The van der Waals surface area contributed by atoms with Gasteiger partial charge in [0.25, 0.3) is 0 Å². The number of nitrogens with one attached hydrogen (secondary N) is 1. The van der Waals surface area contributed by atoms with Gasteiger partial charge in [-0.05, 0) is 25.4 Å². The number of hydrogen-bond acceptors (Lipinski definition) is 5. The topological polar surface area (TPSA) is 63.8 Å². The molecule has 3 aromatic rings. The summed E-state index contributed by atoms with van der Waals surface area (Å²) in [6.07, 6.45) is 2.47. The van der Waals surface area contributed by atoms with E-state index in [1.807, 2.05) is 37.4 Å². The number of pyridine rings is 1. The van der Waals surface area contributed by atoms with Gasteiger partial charge in [-0.25, -0.2) is 0 Å². The summed E-state index contributed by atoms with van der Waals surface area (Å²) in [5.41, 5.74) is 0.759. The Labute approximate surface area is 117 Å². The molecular formula is C15H16N4O. The van der Waals surface area contributed by atoms with E-state index in [-0.39, 0.29) is 0 Å². The first-order valence-electron chi connectivity index (χ1n) is 6.62. The van der Waals surface area contributed by atoms with Crippen LogP contribution in [0.15, 0.2) is 41.1 Å². The summed E-state index contributed by atoms with van der Waals surface area (Å²) in [6.45, 7) is 2.07. The van der Waals surface area contributed by atoms with E-state index in [0.717, 1.165) is 16.5 Å². The molecule has 3 rings (SSSR count). The molecule has 0 fully saturated rings. The third-order valence-electron chi connectivity index (χ3n) is 3.33. The van der Waals surface area contributed by atoms with Crippen LogP contribution in [-0.2, 0) is 6.42 Å². The van der Waals surface area contributed by atoms with Crippen LogP contribution in [0.2, 0.25) is 0 Å². The fourth-order valence-corrected chi connectivity index (χ4v) is 2.10. The van der Waals surface area contributed by atoms with Gasteiger partial charge in [-0.2, -0.15) is 4.98 Å². The number of nitrogens with zero attached hydrogens (tertiary/aromatic N) is 3. The first-order valence-corrected chi connectivity index (χ1v) is 6.62. The van der Waals surface area contributed by atoms with Crippen LogP contribution in [0.1, 0.15) is 12.8 Å². The predicted molar refractivity (Wildman–Crippen MR) is 77.3 cm³/mol. The first-order chi connectivity index (χ1) is 9.78. The standard InChI is InChI=1S/C15H16N4O/c1-10(16-2)9-13-18-15(19-20-13)14-12-6-4-3-5-11(12)7-8-17-14/h3-8,10,16H,9H2,1-2H3. The highest BCUT2D eigenvalue weighted by molar-refractivity contribution is 5.92. The highest BCUT2D eigenvalue weighted by atomic mass is 16.5. The Bertz CT molecular complexity index is 717. The number of rotatable bonds is 4. The van der Waals surface area contributed by atoms with E-state index < -0.39 is 0 Å². The zero-order valence-corrected chi connectivity index (χ0v) is 11.5. The zero-order chi connectivity index (χ0) is 13.9. The lowest BCUT2D eigenvalue weighted by atomic mass is 10.1. The number of aromatic nitrogens is 3. The summed E-state index contributed by atoms with van der Waals surface area (Å²) in [5, 5.41) is 9.35. The third kappa shape index (κ3) is 2.40. The van der Waals surface area contributed by atoms with Crippen LogP contribution in [0.5, 0.6) is 0 Å². The maximum atomic E-state index is 5.30. The molecule has 1 aromatic carbocycles. The van der Waals surface area contributed by atoms with Crippen LogP contribution < -0.4 is 5.32 Å². The lowest BCUT2D eigenvalue weighted by molar-refractivity contribution is 0.365. The van der Waals surface area contributed by atoms with E-state index in [2.05, 4.69) is 27.4 Å². The van der Waals surface area contributed by atoms with Crippen molar-refractivity contribution in [1.82, 2.24) is 20.4 Å². The van der Waals surface area contributed by atoms with Gasteiger partial charge >= 0.3 is 0 Å². The third-order valence-corrected chi connectivity index (χ3v) is 3.33. The van der Waals surface area contributed by atoms with E-state index in [1.165, 1.54) is 0 Å². The average molecular weight is 268 g/mol. The number of hydrogen-bond donors (Lipinski definition) is 1. The van der Waals surface area contributed by atoms with E-state index >= 15 is 0 Å². The van der Waals surface area contributed by atoms with Gasteiger partial charge in [0.15, 0.2) is 0 Å². The van der Waals surface area contributed by atoms with Crippen molar-refractivity contribution in [1.29, 1.82) is 0 Å². The summed E-state index contributed by atoms with van der Waals surface area (Å²) in [5.74, 6) is 1.16. The molecule has 0 aliphatic heterocycles. The van der Waals surface area contributed by atoms with Gasteiger partial charge in [0.1, 0.15) is 5.69 Å². The molecule has 0 aliphatic rings. The Kier molecular flexibility index (Phi) is 3.43. The molecule has 20 heavy (non-hydrogen) atoms. The fraction of sp³-hybridized carbons (Fsp3) is 0.267. The Morgan fingerprint density at radius 3 is 2.95 bits per heavy atom. The molecule has 2 aromatic heterocycles. The molecule has 0 spiro atoms. The fourth-order valence-electron chi connectivity index (χ4n) is 2.10. The number of benzene rings is 1. The predicted octanol–water partition coefficient (Wildman–Crippen LogP) is 2.44. The van der Waals surface area contributed by atoms with Crippen LogP contribution in [0, 0.1) is 0 Å². The van der Waals surface area contributed by atoms with Gasteiger partial charge in [0.2, 0.25) is 11.7 Å². The van der Waals surface area contributed by atoms with Crippen LogP contribution in [0.4, 0.5) is 0 Å². The van der Waals surface area contributed by atoms with Gasteiger partial charge in [0.05, 0.1) is 0 Å². The van der Waals surface area contributed by atoms with Crippen LogP contribution in [0.3, 0.4) is 0 Å². The number of fused-ring (bicyclic) bond motifs is 1. The van der Waals surface area contributed by atoms with E-state index in [9.17, 15) is 0 Å². The summed E-state index contributed by atoms with van der Waals surface area (Å²) in [7, 11) is 1.91. The van der Waals surface area contributed by atoms with Crippen molar-refractivity contribution in [2.75, 3.05) is 7.05 Å². The Balaban J connectivity index is 1.99. The van der Waals surface area contributed by atoms with Gasteiger partial charge < -0.3 is 9.84 Å². The summed E-state index contributed by atoms with van der Waals surface area (Å²) < 4.78 is 5.30. The summed E-state index contributed by atoms with van der Waals surface area (Å²) >= 11 is 0. The summed E-state index contributed by atoms with van der Waals surface area (Å²) in [4.78, 5) is 8.83. The lowest BCUT2D eigenvalue weighted by Gasteiger charge is -2.04. The lowest BCUT2D eigenvalue weighted by Crippen LogP contribution is -2.23. The second kappa shape index (κ2) is 5.38. The molecule has 0 amide bonds. The first kappa shape index (κ1) is 12.7. The van der Waals surface area contributed by atoms with Crippen molar-refractivity contribution < 1.29 is 4.52 Å². The molecule has 1 unspecified atom stereocenters. The Morgan fingerprint density at radius 2 is 2.10 bits per heavy atom. The SMILES string of the molecule is CNC(C)Cc1nc(-c2nccc3ccccc23)no1. The van der Waals surface area contributed by atoms with E-state index in [0.29, 0.717) is 24.2 Å². The van der Waals surface area contributed by atoms with Crippen molar-refractivity contribution in [3.05, 3.63) is 42.4 Å². The molecule has 0 radical (unpaired) electrons. The Morgan fingerprint density at radius 1 is 1.25 bits per heavy atom. The van der Waals surface area contributed by atoms with Gasteiger partial charge in [-0.15, -0.1) is 0 Å². The smallest absolute Gasteiger partial charge is 0.228 e. The minimum absolute atomic E-state index is 0.295. The monoisotopic (exact) mass is 268 g/mol. The molecule has 0 aliphatic carbocycles. The van der Waals surface area contributed by atoms with Gasteiger partial charge in [-0.1, -0.05) is 29.4 Å². The molecule has 5 heteroatoms. The largest absolute Gasteiger partial charge is 0.339 e. The normalized spacial score (nSPS) is 12.7. The van der Waals surface area contributed by atoms with E-state index in [4.69, 9.17) is 4.52 Å². The van der Waals surface area contributed by atoms with Gasteiger partial charge in [0, 0.05) is 24.0 Å². The van der Waals surface area contributed by atoms with Crippen LogP contribution in [-0.4, -0.2) is 28.2 Å². The molecule has 2 heterocycles. The highest BCUT2D eigenvalue weighted by Crippen LogP contribution is 2.24. The second-order valence-corrected chi connectivity index (χ2v) is 4.79. The maximum Gasteiger partial charge on any atom is 0.228 e. The van der Waals surface area contributed by atoms with Crippen molar-refractivity contribution in [3.63, 3.8) is 0 Å². The minimum Gasteiger partial charge on any atom is -0.339 e. The van der Waals surface area contributed by atoms with Crippen molar-refractivity contribution in [3.8, 4) is 11.5 Å². The van der Waals surface area contributed by atoms with Crippen molar-refractivity contribution in [2.45, 2.75) is 19.4 Å². The summed E-state index contributed by atoms with van der Waals surface area (Å²) in [6, 6.07) is 10.3. The molecule has 0 bridgehead atoms. The highest BCUT2D eigenvalue weighted by Gasteiger charge is 2.14. The molecular weight excluding hydrogens is 252 g/mol. The van der Waals surface area contributed by atoms with E-state index in [1.54, 1.807) is 6.20 Å². The molecule has 1 N–H and O–H groups in total. The zero-order valence-electron chi connectivity index (χ0n) is 11.5. The second-order valence-electron chi connectivity index (χ2n) is 4.79. The van der Waals surface area contributed by atoms with Crippen molar-refractivity contribution >= 4 is 10.8 Å². The minimum atomic E-state index is 0.295. The molecule has 0 saturated carbocycles. The van der Waals surface area contributed by atoms with Crippen LogP contribution >= 0.6 is 0 Å². The Hall–Kier alpha value is -2.27. The molecule has 1 atom stereocenters. The van der Waals surface area contributed by atoms with Gasteiger partial charge in [-0.3, -0.25) is 4.98 Å². The number of likely N-dealkylation sites (N-methyl/N-ethyl adjacent to an activating group) is 1. The molecule has 5 nitrogen and oxygen atoms in total. The molecule has 102 valence electrons. The quantitative estimate of drug-likeness (QED) is 0.787. The average Bonchev–Trinajstić information content (AvgIpc) is 2.94.